The summed E-state index contributed by atoms with van der Waals surface area (Å²) in [5.74, 6) is -2.28. The summed E-state index contributed by atoms with van der Waals surface area (Å²) in [5, 5.41) is 2.60. The highest BCUT2D eigenvalue weighted by atomic mass is 16.7. The molecule has 0 aromatic rings. The third kappa shape index (κ3) is 6.60. The Labute approximate surface area is 151 Å². The topological polar surface area (TPSA) is 126 Å². The summed E-state index contributed by atoms with van der Waals surface area (Å²) >= 11 is 0. The van der Waals surface area contributed by atoms with E-state index in [1.54, 1.807) is 6.92 Å². The van der Waals surface area contributed by atoms with Crippen molar-refractivity contribution in [2.75, 3.05) is 13.2 Å². The molecule has 5 atom stereocenters. The van der Waals surface area contributed by atoms with Gasteiger partial charge in [-0.2, -0.15) is 0 Å². The minimum absolute atomic E-state index is 0.242. The number of hydrogen-bond acceptors (Lipinski definition) is 9. The molecular weight excluding hydrogens is 350 g/mol. The molecule has 10 heteroatoms. The lowest BCUT2D eigenvalue weighted by molar-refractivity contribution is -0.276. The molecule has 0 bridgehead atoms. The van der Waals surface area contributed by atoms with Gasteiger partial charge in [-0.3, -0.25) is 19.2 Å². The first-order valence-corrected chi connectivity index (χ1v) is 8.17. The summed E-state index contributed by atoms with van der Waals surface area (Å²) in [6, 6.07) is -0.922. The van der Waals surface area contributed by atoms with Crippen LogP contribution in [0.15, 0.2) is 0 Å². The summed E-state index contributed by atoms with van der Waals surface area (Å²) in [6.07, 6.45) is -4.15. The van der Waals surface area contributed by atoms with E-state index < -0.39 is 54.5 Å². The van der Waals surface area contributed by atoms with Crippen LogP contribution >= 0.6 is 0 Å². The lowest BCUT2D eigenvalue weighted by Gasteiger charge is -2.44. The van der Waals surface area contributed by atoms with E-state index in [-0.39, 0.29) is 13.2 Å². The van der Waals surface area contributed by atoms with Crippen LogP contribution in [0.2, 0.25) is 0 Å². The maximum absolute atomic E-state index is 11.6. The average Bonchev–Trinajstić information content (AvgIpc) is 2.50. The van der Waals surface area contributed by atoms with Crippen LogP contribution in [0, 0.1) is 0 Å². The molecule has 0 aromatic heterocycles. The molecule has 0 radical (unpaired) electrons. The third-order valence-corrected chi connectivity index (χ3v) is 3.40. The van der Waals surface area contributed by atoms with Crippen molar-refractivity contribution < 1.29 is 42.9 Å². The van der Waals surface area contributed by atoms with Gasteiger partial charge in [-0.1, -0.05) is 0 Å². The second kappa shape index (κ2) is 10.1. The van der Waals surface area contributed by atoms with Crippen LogP contribution in [0.25, 0.3) is 0 Å². The summed E-state index contributed by atoms with van der Waals surface area (Å²) in [7, 11) is 0. The molecule has 1 heterocycles. The minimum Gasteiger partial charge on any atom is -0.463 e. The van der Waals surface area contributed by atoms with Gasteiger partial charge in [-0.25, -0.2) is 0 Å². The van der Waals surface area contributed by atoms with Crippen molar-refractivity contribution in [3.63, 3.8) is 0 Å². The molecular formula is C16H25NO9. The smallest absolute Gasteiger partial charge is 0.303 e. The normalized spacial score (nSPS) is 28.0. The van der Waals surface area contributed by atoms with Gasteiger partial charge in [0.25, 0.3) is 0 Å². The molecule has 1 saturated heterocycles. The Hall–Kier alpha value is -2.20. The number of carbonyl (C=O) groups excluding carboxylic acids is 4. The lowest BCUT2D eigenvalue weighted by Crippen LogP contribution is -2.66. The quantitative estimate of drug-likeness (QED) is 0.470. The molecule has 1 aliphatic rings. The van der Waals surface area contributed by atoms with Crippen LogP contribution in [0.3, 0.4) is 0 Å². The fourth-order valence-electron chi connectivity index (χ4n) is 2.60. The van der Waals surface area contributed by atoms with E-state index in [9.17, 15) is 19.2 Å². The van der Waals surface area contributed by atoms with Crippen LogP contribution in [-0.4, -0.2) is 67.7 Å². The first-order valence-electron chi connectivity index (χ1n) is 8.17. The zero-order chi connectivity index (χ0) is 19.9. The number of nitrogens with one attached hydrogen (secondary N) is 1. The zero-order valence-electron chi connectivity index (χ0n) is 15.5. The van der Waals surface area contributed by atoms with Crippen molar-refractivity contribution in [1.29, 1.82) is 0 Å². The number of esters is 3. The van der Waals surface area contributed by atoms with E-state index in [2.05, 4.69) is 5.32 Å². The van der Waals surface area contributed by atoms with Crippen molar-refractivity contribution in [2.45, 2.75) is 65.3 Å². The second-order valence-corrected chi connectivity index (χ2v) is 5.68. The Morgan fingerprint density at radius 1 is 0.923 bits per heavy atom. The Balaban J connectivity index is 3.22. The maximum Gasteiger partial charge on any atom is 0.303 e. The summed E-state index contributed by atoms with van der Waals surface area (Å²) in [4.78, 5) is 45.8. The predicted octanol–water partition coefficient (Wildman–Crippen LogP) is -0.321. The summed E-state index contributed by atoms with van der Waals surface area (Å²) in [6.45, 7) is 6.56. The number of amides is 1. The van der Waals surface area contributed by atoms with Crippen LogP contribution in [0.4, 0.5) is 0 Å². The Morgan fingerprint density at radius 3 is 1.96 bits per heavy atom. The molecule has 0 aromatic carbocycles. The number of ether oxygens (including phenoxy) is 5. The number of carbonyl (C=O) groups is 4. The third-order valence-electron chi connectivity index (χ3n) is 3.40. The largest absolute Gasteiger partial charge is 0.463 e. The molecule has 1 rings (SSSR count). The van der Waals surface area contributed by atoms with Crippen molar-refractivity contribution in [3.05, 3.63) is 0 Å². The van der Waals surface area contributed by atoms with E-state index in [1.165, 1.54) is 27.7 Å². The molecule has 2 unspecified atom stereocenters. The Morgan fingerprint density at radius 2 is 1.50 bits per heavy atom. The molecule has 1 fully saturated rings. The SMILES string of the molecule is CCO[C@@H]1OC(COC(C)=O)[C@H](OC(C)=O)C(OC(C)=O)[C@@H]1NC(C)=O. The fourth-order valence-corrected chi connectivity index (χ4v) is 2.60. The summed E-state index contributed by atoms with van der Waals surface area (Å²) in [5.41, 5.74) is 0. The molecule has 0 spiro atoms. The predicted molar refractivity (Wildman–Crippen MR) is 85.6 cm³/mol. The second-order valence-electron chi connectivity index (χ2n) is 5.68. The van der Waals surface area contributed by atoms with Gasteiger partial charge >= 0.3 is 17.9 Å². The number of hydrogen-bond donors (Lipinski definition) is 1. The van der Waals surface area contributed by atoms with E-state index in [0.717, 1.165) is 0 Å². The van der Waals surface area contributed by atoms with E-state index in [4.69, 9.17) is 23.7 Å². The van der Waals surface area contributed by atoms with E-state index in [1.807, 2.05) is 0 Å². The molecule has 26 heavy (non-hydrogen) atoms. The van der Waals surface area contributed by atoms with E-state index >= 15 is 0 Å². The highest BCUT2D eigenvalue weighted by Crippen LogP contribution is 2.27. The van der Waals surface area contributed by atoms with Gasteiger partial charge in [0.15, 0.2) is 18.5 Å². The van der Waals surface area contributed by atoms with Crippen molar-refractivity contribution in [2.24, 2.45) is 0 Å². The average molecular weight is 375 g/mol. The molecule has 1 aliphatic heterocycles. The van der Waals surface area contributed by atoms with Crippen molar-refractivity contribution in [1.82, 2.24) is 5.32 Å². The molecule has 148 valence electrons. The van der Waals surface area contributed by atoms with Crippen LogP contribution < -0.4 is 5.32 Å². The molecule has 1 N–H and O–H groups in total. The van der Waals surface area contributed by atoms with Crippen LogP contribution in [-0.2, 0) is 42.9 Å². The Bertz CT molecular complexity index is 536. The maximum atomic E-state index is 11.6. The van der Waals surface area contributed by atoms with Gasteiger partial charge in [-0.15, -0.1) is 0 Å². The van der Waals surface area contributed by atoms with Crippen molar-refractivity contribution >= 4 is 23.8 Å². The zero-order valence-corrected chi connectivity index (χ0v) is 15.5. The van der Waals surface area contributed by atoms with Crippen LogP contribution in [0.1, 0.15) is 34.6 Å². The van der Waals surface area contributed by atoms with Crippen LogP contribution in [0.5, 0.6) is 0 Å². The summed E-state index contributed by atoms with van der Waals surface area (Å²) < 4.78 is 26.7. The van der Waals surface area contributed by atoms with Crippen molar-refractivity contribution in [3.8, 4) is 0 Å². The van der Waals surface area contributed by atoms with Gasteiger partial charge in [0.05, 0.1) is 0 Å². The number of rotatable bonds is 7. The van der Waals surface area contributed by atoms with Gasteiger partial charge in [0, 0.05) is 34.3 Å². The van der Waals surface area contributed by atoms with Gasteiger partial charge in [-0.05, 0) is 6.92 Å². The van der Waals surface area contributed by atoms with Gasteiger partial charge in [0.2, 0.25) is 5.91 Å². The highest BCUT2D eigenvalue weighted by Gasteiger charge is 2.51. The van der Waals surface area contributed by atoms with Gasteiger partial charge < -0.3 is 29.0 Å². The highest BCUT2D eigenvalue weighted by molar-refractivity contribution is 5.73. The van der Waals surface area contributed by atoms with E-state index in [0.29, 0.717) is 0 Å². The molecule has 1 amide bonds. The molecule has 0 aliphatic carbocycles. The monoisotopic (exact) mass is 375 g/mol. The fraction of sp³-hybridized carbons (Fsp3) is 0.750. The molecule has 0 saturated carbocycles. The first-order chi connectivity index (χ1) is 12.1. The first kappa shape index (κ1) is 21.8. The molecule has 10 nitrogen and oxygen atoms in total. The van der Waals surface area contributed by atoms with Gasteiger partial charge in [0.1, 0.15) is 18.8 Å². The Kier molecular flexibility index (Phi) is 8.46. The lowest BCUT2D eigenvalue weighted by atomic mass is 9.96. The standard InChI is InChI=1S/C16H25NO9/c1-6-22-16-13(17-8(2)18)15(25-11(5)21)14(24-10(4)20)12(26-16)7-23-9(3)19/h12-16H,6-7H2,1-5H3,(H,17,18)/t12?,13-,14-,15?,16+/m0/s1. The minimum atomic E-state index is -1.11.